The molecule has 30 heavy (non-hydrogen) atoms. The molecule has 1 saturated heterocycles. The Morgan fingerprint density at radius 2 is 1.70 bits per heavy atom. The van der Waals surface area contributed by atoms with Gasteiger partial charge in [-0.25, -0.2) is 0 Å². The number of piperidine rings is 1. The van der Waals surface area contributed by atoms with Crippen LogP contribution in [0.5, 0.6) is 0 Å². The smallest absolute Gasteiger partial charge is 0.272 e. The molecular weight excluding hydrogens is 372 g/mol. The third-order valence-corrected chi connectivity index (χ3v) is 6.15. The number of aromatic nitrogens is 2. The summed E-state index contributed by atoms with van der Waals surface area (Å²) in [6, 6.07) is 18.8. The quantitative estimate of drug-likeness (QED) is 0.654. The number of carbonyl (C=O) groups excluding carboxylic acids is 1. The number of carbonyl (C=O) groups is 1. The molecule has 2 heterocycles. The van der Waals surface area contributed by atoms with Crippen LogP contribution in [0.4, 0.5) is 5.82 Å². The highest BCUT2D eigenvalue weighted by Crippen LogP contribution is 2.30. The molecule has 1 aromatic heterocycles. The topological polar surface area (TPSA) is 58.1 Å². The Kier molecular flexibility index (Phi) is 6.26. The molecule has 5 nitrogen and oxygen atoms in total. The molecule has 3 aromatic rings. The highest BCUT2D eigenvalue weighted by Gasteiger charge is 2.24. The van der Waals surface area contributed by atoms with Crippen molar-refractivity contribution in [3.8, 4) is 0 Å². The van der Waals surface area contributed by atoms with Gasteiger partial charge in [0.25, 0.3) is 5.91 Å². The first-order valence-corrected chi connectivity index (χ1v) is 11.0. The van der Waals surface area contributed by atoms with Crippen molar-refractivity contribution in [3.63, 3.8) is 0 Å². The van der Waals surface area contributed by atoms with Crippen LogP contribution in [0, 0.1) is 5.92 Å². The summed E-state index contributed by atoms with van der Waals surface area (Å²) in [6.45, 7) is 5.99. The van der Waals surface area contributed by atoms with Gasteiger partial charge in [-0.2, -0.15) is 0 Å². The Hall–Kier alpha value is -2.95. The van der Waals surface area contributed by atoms with Crippen LogP contribution in [0.3, 0.4) is 0 Å². The average Bonchev–Trinajstić information content (AvgIpc) is 2.79. The second-order valence-electron chi connectivity index (χ2n) is 8.32. The number of hydrogen-bond acceptors (Lipinski definition) is 4. The highest BCUT2D eigenvalue weighted by atomic mass is 16.2. The van der Waals surface area contributed by atoms with Gasteiger partial charge in [0.15, 0.2) is 11.5 Å². The van der Waals surface area contributed by atoms with E-state index in [2.05, 4.69) is 63.7 Å². The zero-order valence-corrected chi connectivity index (χ0v) is 17.8. The van der Waals surface area contributed by atoms with Crippen LogP contribution >= 0.6 is 0 Å². The Bertz CT molecular complexity index is 996. The van der Waals surface area contributed by atoms with Crippen LogP contribution < -0.4 is 10.2 Å². The van der Waals surface area contributed by atoms with Gasteiger partial charge < -0.3 is 10.2 Å². The van der Waals surface area contributed by atoms with Gasteiger partial charge in [0.2, 0.25) is 0 Å². The largest absolute Gasteiger partial charge is 0.355 e. The first-order valence-electron chi connectivity index (χ1n) is 11.0. The van der Waals surface area contributed by atoms with Crippen LogP contribution in [0.15, 0.2) is 54.6 Å². The van der Waals surface area contributed by atoms with Crippen molar-refractivity contribution in [1.82, 2.24) is 15.5 Å². The van der Waals surface area contributed by atoms with Crippen molar-refractivity contribution in [2.24, 2.45) is 5.92 Å². The van der Waals surface area contributed by atoms with Crippen molar-refractivity contribution in [2.45, 2.75) is 45.6 Å². The summed E-state index contributed by atoms with van der Waals surface area (Å²) in [5.41, 5.74) is 1.83. The summed E-state index contributed by atoms with van der Waals surface area (Å²) in [4.78, 5) is 15.0. The second-order valence-corrected chi connectivity index (χ2v) is 8.32. The van der Waals surface area contributed by atoms with Crippen LogP contribution in [0.1, 0.15) is 49.2 Å². The van der Waals surface area contributed by atoms with E-state index in [1.165, 1.54) is 5.56 Å². The lowest BCUT2D eigenvalue weighted by Gasteiger charge is -2.33. The van der Waals surface area contributed by atoms with E-state index in [9.17, 15) is 4.79 Å². The minimum Gasteiger partial charge on any atom is -0.355 e. The van der Waals surface area contributed by atoms with Crippen molar-refractivity contribution in [1.29, 1.82) is 0 Å². The Morgan fingerprint density at radius 1 is 1.03 bits per heavy atom. The fraction of sp³-hybridized carbons (Fsp3) is 0.400. The fourth-order valence-electron chi connectivity index (χ4n) is 4.18. The van der Waals surface area contributed by atoms with Gasteiger partial charge in [0.05, 0.1) is 0 Å². The third kappa shape index (κ3) is 4.45. The summed E-state index contributed by atoms with van der Waals surface area (Å²) in [5.74, 6) is 1.44. The number of nitrogens with zero attached hydrogens (tertiary/aromatic N) is 3. The van der Waals surface area contributed by atoms with Crippen molar-refractivity contribution < 1.29 is 4.79 Å². The summed E-state index contributed by atoms with van der Waals surface area (Å²) >= 11 is 0. The standard InChI is InChI=1S/C25H30N4O/c1-3-18(2)26-25(30)23-21-11-7-8-12-22(21)24(28-27-23)29-15-13-20(14-16-29)17-19-9-5-4-6-10-19/h4-12,18,20H,3,13-17H2,1-2H3,(H,26,30)/t18-/m1/s1. The van der Waals surface area contributed by atoms with Gasteiger partial charge in [0.1, 0.15) is 0 Å². The second kappa shape index (κ2) is 9.24. The number of nitrogens with one attached hydrogen (secondary N) is 1. The lowest BCUT2D eigenvalue weighted by Crippen LogP contribution is -2.36. The minimum atomic E-state index is -0.152. The molecule has 1 amide bonds. The fourth-order valence-corrected chi connectivity index (χ4v) is 4.18. The van der Waals surface area contributed by atoms with E-state index in [0.717, 1.165) is 55.4 Å². The van der Waals surface area contributed by atoms with Gasteiger partial charge in [-0.05, 0) is 44.1 Å². The molecule has 0 saturated carbocycles. The maximum Gasteiger partial charge on any atom is 0.272 e. The van der Waals surface area contributed by atoms with Crippen molar-refractivity contribution in [3.05, 3.63) is 65.9 Å². The molecule has 0 spiro atoms. The Labute approximate surface area is 178 Å². The molecular formula is C25H30N4O. The van der Waals surface area contributed by atoms with E-state index in [0.29, 0.717) is 11.6 Å². The number of anilines is 1. The van der Waals surface area contributed by atoms with Gasteiger partial charge in [-0.15, -0.1) is 10.2 Å². The summed E-state index contributed by atoms with van der Waals surface area (Å²) in [5, 5.41) is 13.7. The number of benzene rings is 2. The molecule has 1 fully saturated rings. The molecule has 1 N–H and O–H groups in total. The zero-order valence-electron chi connectivity index (χ0n) is 17.8. The maximum atomic E-state index is 12.7. The molecule has 4 rings (SSSR count). The molecule has 2 aromatic carbocycles. The molecule has 5 heteroatoms. The lowest BCUT2D eigenvalue weighted by molar-refractivity contribution is 0.0935. The minimum absolute atomic E-state index is 0.112. The molecule has 1 aliphatic heterocycles. The predicted molar refractivity (Wildman–Crippen MR) is 122 cm³/mol. The third-order valence-electron chi connectivity index (χ3n) is 6.15. The van der Waals surface area contributed by atoms with E-state index >= 15 is 0 Å². The number of hydrogen-bond donors (Lipinski definition) is 1. The summed E-state index contributed by atoms with van der Waals surface area (Å²) in [6.07, 6.45) is 4.30. The molecule has 0 aliphatic carbocycles. The number of amides is 1. The molecule has 0 unspecified atom stereocenters. The Balaban J connectivity index is 1.51. The normalized spacial score (nSPS) is 15.9. The van der Waals surface area contributed by atoms with Gasteiger partial charge >= 0.3 is 0 Å². The number of rotatable bonds is 6. The summed E-state index contributed by atoms with van der Waals surface area (Å²) < 4.78 is 0. The van der Waals surface area contributed by atoms with Crippen molar-refractivity contribution >= 4 is 22.5 Å². The maximum absolute atomic E-state index is 12.7. The molecule has 156 valence electrons. The van der Waals surface area contributed by atoms with Crippen LogP contribution in [-0.2, 0) is 6.42 Å². The van der Waals surface area contributed by atoms with E-state index in [4.69, 9.17) is 0 Å². The first-order chi connectivity index (χ1) is 14.7. The average molecular weight is 403 g/mol. The SMILES string of the molecule is CC[C@@H](C)NC(=O)c1nnc(N2CCC(Cc3ccccc3)CC2)c2ccccc12. The van der Waals surface area contributed by atoms with E-state index in [1.807, 2.05) is 25.1 Å². The van der Waals surface area contributed by atoms with Gasteiger partial charge in [-0.1, -0.05) is 61.5 Å². The molecule has 0 bridgehead atoms. The molecule has 1 atom stereocenters. The van der Waals surface area contributed by atoms with Gasteiger partial charge in [0, 0.05) is 29.9 Å². The van der Waals surface area contributed by atoms with Gasteiger partial charge in [-0.3, -0.25) is 4.79 Å². The van der Waals surface area contributed by atoms with E-state index in [-0.39, 0.29) is 11.9 Å². The summed E-state index contributed by atoms with van der Waals surface area (Å²) in [7, 11) is 0. The monoisotopic (exact) mass is 402 g/mol. The van der Waals surface area contributed by atoms with Crippen LogP contribution in [-0.4, -0.2) is 35.2 Å². The lowest BCUT2D eigenvalue weighted by atomic mass is 9.90. The van der Waals surface area contributed by atoms with E-state index < -0.39 is 0 Å². The Morgan fingerprint density at radius 3 is 2.40 bits per heavy atom. The molecule has 0 radical (unpaired) electrons. The highest BCUT2D eigenvalue weighted by molar-refractivity contribution is 6.07. The van der Waals surface area contributed by atoms with Crippen LogP contribution in [0.2, 0.25) is 0 Å². The van der Waals surface area contributed by atoms with E-state index in [1.54, 1.807) is 0 Å². The predicted octanol–water partition coefficient (Wildman–Crippen LogP) is 4.62. The number of fused-ring (bicyclic) bond motifs is 1. The van der Waals surface area contributed by atoms with Crippen molar-refractivity contribution in [2.75, 3.05) is 18.0 Å². The zero-order chi connectivity index (χ0) is 20.9. The first kappa shape index (κ1) is 20.3. The van der Waals surface area contributed by atoms with Crippen LogP contribution in [0.25, 0.3) is 10.8 Å². The molecule has 1 aliphatic rings.